The zero-order valence-electron chi connectivity index (χ0n) is 10.6. The summed E-state index contributed by atoms with van der Waals surface area (Å²) in [5, 5.41) is 14.4. The van der Waals surface area contributed by atoms with Gasteiger partial charge in [-0.25, -0.2) is 0 Å². The van der Waals surface area contributed by atoms with Crippen LogP contribution < -0.4 is 11.1 Å². The van der Waals surface area contributed by atoms with Gasteiger partial charge in [0, 0.05) is 26.5 Å². The van der Waals surface area contributed by atoms with Crippen molar-refractivity contribution in [2.45, 2.75) is 13.8 Å². The van der Waals surface area contributed by atoms with Crippen LogP contribution in [0.25, 0.3) is 0 Å². The molecule has 5 nitrogen and oxygen atoms in total. The molecular formula is C12H15Br2N3O2. The Balaban J connectivity index is 2.76. The van der Waals surface area contributed by atoms with Gasteiger partial charge in [0.25, 0.3) is 5.91 Å². The maximum absolute atomic E-state index is 12.0. The second-order valence-electron chi connectivity index (χ2n) is 4.71. The van der Waals surface area contributed by atoms with Gasteiger partial charge >= 0.3 is 0 Å². The summed E-state index contributed by atoms with van der Waals surface area (Å²) in [5.41, 5.74) is 5.46. The first-order valence-electron chi connectivity index (χ1n) is 5.48. The Morgan fingerprint density at radius 3 is 2.37 bits per heavy atom. The Bertz CT molecular complexity index is 495. The largest absolute Gasteiger partial charge is 0.409 e. The van der Waals surface area contributed by atoms with Crippen LogP contribution in [-0.2, 0) is 0 Å². The first-order valence-corrected chi connectivity index (χ1v) is 7.07. The second kappa shape index (κ2) is 6.38. The maximum Gasteiger partial charge on any atom is 0.251 e. The highest BCUT2D eigenvalue weighted by atomic mass is 79.9. The number of nitrogens with zero attached hydrogens (tertiary/aromatic N) is 1. The van der Waals surface area contributed by atoms with E-state index in [1.807, 2.05) is 6.07 Å². The van der Waals surface area contributed by atoms with Crippen molar-refractivity contribution in [1.82, 2.24) is 5.32 Å². The van der Waals surface area contributed by atoms with E-state index in [2.05, 4.69) is 42.3 Å². The first kappa shape index (κ1) is 16.0. The Kier molecular flexibility index (Phi) is 5.37. The van der Waals surface area contributed by atoms with Crippen molar-refractivity contribution >= 4 is 43.6 Å². The number of carbonyl (C=O) groups excluding carboxylic acids is 1. The van der Waals surface area contributed by atoms with E-state index in [-0.39, 0.29) is 18.3 Å². The summed E-state index contributed by atoms with van der Waals surface area (Å²) < 4.78 is 1.62. The third kappa shape index (κ3) is 4.50. The van der Waals surface area contributed by atoms with E-state index < -0.39 is 5.41 Å². The number of nitrogens with two attached hydrogens (primary N) is 1. The van der Waals surface area contributed by atoms with E-state index in [1.165, 1.54) is 0 Å². The zero-order valence-corrected chi connectivity index (χ0v) is 13.7. The lowest BCUT2D eigenvalue weighted by Gasteiger charge is -2.23. The Labute approximate surface area is 128 Å². The average Bonchev–Trinajstić information content (AvgIpc) is 2.33. The predicted octanol–water partition coefficient (Wildman–Crippen LogP) is 2.71. The van der Waals surface area contributed by atoms with Crippen molar-refractivity contribution < 1.29 is 10.0 Å². The molecule has 7 heteroatoms. The zero-order chi connectivity index (χ0) is 14.6. The number of amides is 1. The number of amidine groups is 1. The van der Waals surface area contributed by atoms with Gasteiger partial charge in [-0.3, -0.25) is 4.79 Å². The summed E-state index contributed by atoms with van der Waals surface area (Å²) in [5.74, 6) is -0.149. The molecule has 1 aromatic rings. The Morgan fingerprint density at radius 1 is 1.37 bits per heavy atom. The number of carbonyl (C=O) groups is 1. The molecule has 0 atom stereocenters. The van der Waals surface area contributed by atoms with Gasteiger partial charge < -0.3 is 16.3 Å². The van der Waals surface area contributed by atoms with Crippen LogP contribution in [0.2, 0.25) is 0 Å². The van der Waals surface area contributed by atoms with Gasteiger partial charge in [0.2, 0.25) is 0 Å². The van der Waals surface area contributed by atoms with Gasteiger partial charge in [-0.2, -0.15) is 0 Å². The molecule has 0 bridgehead atoms. The lowest BCUT2D eigenvalue weighted by Crippen LogP contribution is -2.42. The molecule has 0 aliphatic heterocycles. The molecule has 19 heavy (non-hydrogen) atoms. The molecule has 4 N–H and O–H groups in total. The van der Waals surface area contributed by atoms with Gasteiger partial charge in [-0.15, -0.1) is 0 Å². The molecule has 0 aliphatic rings. The van der Waals surface area contributed by atoms with Crippen LogP contribution >= 0.6 is 31.9 Å². The standard InChI is InChI=1S/C12H15Br2N3O2/c1-12(2,11(15)17-19)6-16-10(18)7-3-8(13)5-9(14)4-7/h3-5,19H,6H2,1-2H3,(H2,15,17)(H,16,18). The average molecular weight is 393 g/mol. The maximum atomic E-state index is 12.0. The SMILES string of the molecule is CC(C)(CNC(=O)c1cc(Br)cc(Br)c1)/C(N)=N/O. The van der Waals surface area contributed by atoms with Gasteiger partial charge in [0.05, 0.1) is 0 Å². The molecule has 0 heterocycles. The lowest BCUT2D eigenvalue weighted by atomic mass is 9.92. The fourth-order valence-electron chi connectivity index (χ4n) is 1.31. The van der Waals surface area contributed by atoms with E-state index in [9.17, 15) is 4.79 Å². The van der Waals surface area contributed by atoms with Crippen LogP contribution in [0, 0.1) is 5.41 Å². The Morgan fingerprint density at radius 2 is 1.89 bits per heavy atom. The number of hydrogen-bond acceptors (Lipinski definition) is 3. The third-order valence-corrected chi connectivity index (χ3v) is 3.53. The van der Waals surface area contributed by atoms with Gasteiger partial charge in [0.1, 0.15) is 5.84 Å². The van der Waals surface area contributed by atoms with Crippen molar-refractivity contribution in [3.05, 3.63) is 32.7 Å². The molecule has 1 amide bonds. The minimum Gasteiger partial charge on any atom is -0.409 e. The molecule has 0 saturated carbocycles. The van der Waals surface area contributed by atoms with Crippen molar-refractivity contribution in [2.24, 2.45) is 16.3 Å². The monoisotopic (exact) mass is 391 g/mol. The van der Waals surface area contributed by atoms with Gasteiger partial charge in [-0.1, -0.05) is 50.9 Å². The topological polar surface area (TPSA) is 87.7 Å². The number of benzene rings is 1. The second-order valence-corrected chi connectivity index (χ2v) is 6.54. The molecule has 0 unspecified atom stereocenters. The normalized spacial score (nSPS) is 12.3. The summed E-state index contributed by atoms with van der Waals surface area (Å²) in [4.78, 5) is 12.0. The van der Waals surface area contributed by atoms with Crippen LogP contribution in [0.5, 0.6) is 0 Å². The summed E-state index contributed by atoms with van der Waals surface area (Å²) in [6.07, 6.45) is 0. The van der Waals surface area contributed by atoms with E-state index in [0.29, 0.717) is 5.56 Å². The molecule has 0 spiro atoms. The molecule has 0 saturated heterocycles. The van der Waals surface area contributed by atoms with Crippen molar-refractivity contribution in [3.63, 3.8) is 0 Å². The number of halogens is 2. The molecule has 104 valence electrons. The predicted molar refractivity (Wildman–Crippen MR) is 81.4 cm³/mol. The van der Waals surface area contributed by atoms with Crippen LogP contribution in [0.1, 0.15) is 24.2 Å². The van der Waals surface area contributed by atoms with Crippen LogP contribution in [-0.4, -0.2) is 23.5 Å². The minimum atomic E-state index is -0.617. The fourth-order valence-corrected chi connectivity index (χ4v) is 2.61. The molecule has 0 radical (unpaired) electrons. The minimum absolute atomic E-state index is 0.0724. The van der Waals surface area contributed by atoms with E-state index in [0.717, 1.165) is 8.95 Å². The number of hydrogen-bond donors (Lipinski definition) is 3. The summed E-state index contributed by atoms with van der Waals surface area (Å²) in [7, 11) is 0. The molecule has 1 aromatic carbocycles. The number of oxime groups is 1. The van der Waals surface area contributed by atoms with Crippen molar-refractivity contribution in [1.29, 1.82) is 0 Å². The van der Waals surface area contributed by atoms with Crippen LogP contribution in [0.15, 0.2) is 32.3 Å². The van der Waals surface area contributed by atoms with Crippen LogP contribution in [0.3, 0.4) is 0 Å². The smallest absolute Gasteiger partial charge is 0.251 e. The molecule has 0 fully saturated rings. The summed E-state index contributed by atoms with van der Waals surface area (Å²) >= 11 is 6.65. The third-order valence-electron chi connectivity index (χ3n) is 2.62. The Hall–Kier alpha value is -1.08. The molecule has 0 aromatic heterocycles. The quantitative estimate of drug-likeness (QED) is 0.318. The van der Waals surface area contributed by atoms with Crippen molar-refractivity contribution in [3.8, 4) is 0 Å². The first-order chi connectivity index (χ1) is 8.76. The highest BCUT2D eigenvalue weighted by molar-refractivity contribution is 9.11. The summed E-state index contributed by atoms with van der Waals surface area (Å²) in [6, 6.07) is 5.28. The number of rotatable bonds is 4. The molecule has 0 aliphatic carbocycles. The molecule has 1 rings (SSSR count). The van der Waals surface area contributed by atoms with E-state index >= 15 is 0 Å². The van der Waals surface area contributed by atoms with E-state index in [4.69, 9.17) is 10.9 Å². The number of nitrogens with one attached hydrogen (secondary N) is 1. The molecular weight excluding hydrogens is 378 g/mol. The van der Waals surface area contributed by atoms with Crippen molar-refractivity contribution in [2.75, 3.05) is 6.54 Å². The highest BCUT2D eigenvalue weighted by Crippen LogP contribution is 2.20. The lowest BCUT2D eigenvalue weighted by molar-refractivity contribution is 0.0944. The van der Waals surface area contributed by atoms with Gasteiger partial charge in [0.15, 0.2) is 0 Å². The highest BCUT2D eigenvalue weighted by Gasteiger charge is 2.24. The summed E-state index contributed by atoms with van der Waals surface area (Å²) in [6.45, 7) is 3.82. The van der Waals surface area contributed by atoms with Gasteiger partial charge in [-0.05, 0) is 18.2 Å². The fraction of sp³-hybridized carbons (Fsp3) is 0.333. The van der Waals surface area contributed by atoms with Crippen LogP contribution in [0.4, 0.5) is 0 Å². The van der Waals surface area contributed by atoms with E-state index in [1.54, 1.807) is 26.0 Å².